The predicted octanol–water partition coefficient (Wildman–Crippen LogP) is 5.69. The number of fused-ring (bicyclic) bond motifs is 3. The Kier molecular flexibility index (Phi) is 5.80. The maximum Gasteiger partial charge on any atom is 0.266 e. The molecule has 0 unspecified atom stereocenters. The number of hydrogen-bond donors (Lipinski definition) is 1. The van der Waals surface area contributed by atoms with Crippen LogP contribution in [0.1, 0.15) is 10.4 Å². The predicted molar refractivity (Wildman–Crippen MR) is 120 cm³/mol. The molecule has 158 valence electrons. The Morgan fingerprint density at radius 3 is 2.27 bits per heavy atom. The molecule has 30 heavy (non-hydrogen) atoms. The Morgan fingerprint density at radius 1 is 1.00 bits per heavy atom. The van der Waals surface area contributed by atoms with E-state index in [2.05, 4.69) is 9.71 Å². The summed E-state index contributed by atoms with van der Waals surface area (Å²) >= 11 is 19.3. The first-order valence-electron chi connectivity index (χ1n) is 8.66. The number of methoxy groups -OCH3 is 2. The SMILES string of the molecule is COc1cc2c(cc1OC)-c1nc(NS(=O)(=O)c3c(Cl)cc(Cl)cc3Cl)sc1CC2. The molecule has 0 spiro atoms. The number of nitrogens with one attached hydrogen (secondary N) is 1. The van der Waals surface area contributed by atoms with Crippen molar-refractivity contribution in [3.63, 3.8) is 0 Å². The van der Waals surface area contributed by atoms with Gasteiger partial charge < -0.3 is 9.47 Å². The van der Waals surface area contributed by atoms with Crippen molar-refractivity contribution < 1.29 is 17.9 Å². The quantitative estimate of drug-likeness (QED) is 0.482. The van der Waals surface area contributed by atoms with Crippen molar-refractivity contribution in [2.24, 2.45) is 0 Å². The minimum Gasteiger partial charge on any atom is -0.493 e. The molecule has 2 aromatic carbocycles. The van der Waals surface area contributed by atoms with Gasteiger partial charge in [0.15, 0.2) is 16.6 Å². The summed E-state index contributed by atoms with van der Waals surface area (Å²) in [5.41, 5.74) is 2.66. The molecule has 6 nitrogen and oxygen atoms in total. The molecule has 0 radical (unpaired) electrons. The van der Waals surface area contributed by atoms with Crippen molar-refractivity contribution in [3.05, 3.63) is 49.8 Å². The van der Waals surface area contributed by atoms with Crippen LogP contribution in [-0.2, 0) is 22.9 Å². The average Bonchev–Trinajstić information content (AvgIpc) is 3.07. The lowest BCUT2D eigenvalue weighted by atomic mass is 9.93. The van der Waals surface area contributed by atoms with Crippen molar-refractivity contribution in [1.82, 2.24) is 4.98 Å². The number of anilines is 1. The summed E-state index contributed by atoms with van der Waals surface area (Å²) in [6.07, 6.45) is 1.52. The van der Waals surface area contributed by atoms with Crippen LogP contribution in [-0.4, -0.2) is 27.6 Å². The third-order valence-electron chi connectivity index (χ3n) is 4.64. The van der Waals surface area contributed by atoms with Crippen LogP contribution in [0.2, 0.25) is 15.1 Å². The number of aryl methyl sites for hydroxylation is 2. The van der Waals surface area contributed by atoms with Crippen molar-refractivity contribution >= 4 is 61.3 Å². The number of thiazole rings is 1. The van der Waals surface area contributed by atoms with Gasteiger partial charge in [0.1, 0.15) is 4.90 Å². The second kappa shape index (κ2) is 8.09. The molecule has 0 fully saturated rings. The first kappa shape index (κ1) is 21.5. The van der Waals surface area contributed by atoms with Crippen LogP contribution >= 0.6 is 46.1 Å². The fraction of sp³-hybridized carbons (Fsp3) is 0.211. The molecular weight excluding hydrogens is 491 g/mol. The molecule has 0 amide bonds. The van der Waals surface area contributed by atoms with Gasteiger partial charge in [0.2, 0.25) is 0 Å². The summed E-state index contributed by atoms with van der Waals surface area (Å²) in [6, 6.07) is 6.43. The summed E-state index contributed by atoms with van der Waals surface area (Å²) in [7, 11) is -0.913. The van der Waals surface area contributed by atoms with Gasteiger partial charge in [-0.2, -0.15) is 0 Å². The van der Waals surface area contributed by atoms with E-state index in [0.29, 0.717) is 17.2 Å². The van der Waals surface area contributed by atoms with Crippen LogP contribution in [0.15, 0.2) is 29.2 Å². The minimum absolute atomic E-state index is 0.0662. The lowest BCUT2D eigenvalue weighted by molar-refractivity contribution is 0.354. The van der Waals surface area contributed by atoms with Gasteiger partial charge in [0.25, 0.3) is 10.0 Å². The van der Waals surface area contributed by atoms with E-state index < -0.39 is 10.0 Å². The van der Waals surface area contributed by atoms with Crippen molar-refractivity contribution in [2.75, 3.05) is 18.9 Å². The van der Waals surface area contributed by atoms with E-state index in [1.54, 1.807) is 14.2 Å². The van der Waals surface area contributed by atoms with Crippen LogP contribution in [0, 0.1) is 0 Å². The summed E-state index contributed by atoms with van der Waals surface area (Å²) < 4.78 is 39.1. The summed E-state index contributed by atoms with van der Waals surface area (Å²) in [5.74, 6) is 1.22. The summed E-state index contributed by atoms with van der Waals surface area (Å²) in [6.45, 7) is 0. The molecule has 1 aliphatic carbocycles. The number of aromatic nitrogens is 1. The van der Waals surface area contributed by atoms with E-state index in [1.807, 2.05) is 12.1 Å². The molecule has 0 saturated heterocycles. The lowest BCUT2D eigenvalue weighted by Crippen LogP contribution is -2.14. The molecule has 1 aliphatic rings. The van der Waals surface area contributed by atoms with Crippen molar-refractivity contribution in [2.45, 2.75) is 17.7 Å². The van der Waals surface area contributed by atoms with E-state index in [4.69, 9.17) is 44.3 Å². The lowest BCUT2D eigenvalue weighted by Gasteiger charge is -2.18. The smallest absolute Gasteiger partial charge is 0.266 e. The van der Waals surface area contributed by atoms with E-state index >= 15 is 0 Å². The van der Waals surface area contributed by atoms with Gasteiger partial charge in [-0.25, -0.2) is 13.4 Å². The normalized spacial score (nSPS) is 12.8. The first-order valence-corrected chi connectivity index (χ1v) is 12.1. The molecule has 11 heteroatoms. The highest BCUT2D eigenvalue weighted by atomic mass is 35.5. The Bertz CT molecular complexity index is 1240. The monoisotopic (exact) mass is 504 g/mol. The van der Waals surface area contributed by atoms with Crippen LogP contribution < -0.4 is 14.2 Å². The highest BCUT2D eigenvalue weighted by Gasteiger charge is 2.27. The highest BCUT2D eigenvalue weighted by Crippen LogP contribution is 2.43. The number of nitrogens with zero attached hydrogens (tertiary/aromatic N) is 1. The van der Waals surface area contributed by atoms with Gasteiger partial charge in [0, 0.05) is 15.5 Å². The minimum atomic E-state index is -4.06. The third kappa shape index (κ3) is 3.83. The number of hydrogen-bond acceptors (Lipinski definition) is 6. The fourth-order valence-electron chi connectivity index (χ4n) is 3.32. The average molecular weight is 506 g/mol. The number of rotatable bonds is 5. The number of halogens is 3. The van der Waals surface area contributed by atoms with E-state index in [-0.39, 0.29) is 25.1 Å². The molecule has 1 N–H and O–H groups in total. The zero-order valence-corrected chi connectivity index (χ0v) is 19.7. The first-order chi connectivity index (χ1) is 14.2. The van der Waals surface area contributed by atoms with Crippen LogP contribution in [0.4, 0.5) is 5.13 Å². The molecule has 0 saturated carbocycles. The molecule has 0 atom stereocenters. The van der Waals surface area contributed by atoms with Gasteiger partial charge >= 0.3 is 0 Å². The number of benzene rings is 2. The summed E-state index contributed by atoms with van der Waals surface area (Å²) in [4.78, 5) is 5.26. The van der Waals surface area contributed by atoms with Gasteiger partial charge in [0.05, 0.1) is 30.0 Å². The van der Waals surface area contributed by atoms with Crippen LogP contribution in [0.5, 0.6) is 11.5 Å². The Hall–Kier alpha value is -1.71. The zero-order valence-electron chi connectivity index (χ0n) is 15.8. The van der Waals surface area contributed by atoms with Gasteiger partial charge in [-0.1, -0.05) is 34.8 Å². The molecular formula is C19H15Cl3N2O4S2. The topological polar surface area (TPSA) is 77.5 Å². The molecule has 1 aromatic heterocycles. The molecule has 3 aromatic rings. The van der Waals surface area contributed by atoms with Crippen LogP contribution in [0.3, 0.4) is 0 Å². The van der Waals surface area contributed by atoms with Crippen LogP contribution in [0.25, 0.3) is 11.3 Å². The summed E-state index contributed by atoms with van der Waals surface area (Å²) in [5, 5.41) is 0.339. The molecule has 4 rings (SSSR count). The van der Waals surface area contributed by atoms with Crippen molar-refractivity contribution in [3.8, 4) is 22.8 Å². The maximum atomic E-state index is 12.9. The standard InChI is InChI=1S/C19H15Cl3N2O4S2/c1-27-14-5-9-3-4-16-17(11(9)8-15(14)28-2)23-19(29-16)24-30(25,26)18-12(21)6-10(20)7-13(18)22/h5-8H,3-4H2,1-2H3,(H,23,24). The van der Waals surface area contributed by atoms with E-state index in [1.165, 1.54) is 23.5 Å². The second-order valence-electron chi connectivity index (χ2n) is 6.46. The van der Waals surface area contributed by atoms with Gasteiger partial charge in [-0.15, -0.1) is 11.3 Å². The molecule has 0 bridgehead atoms. The van der Waals surface area contributed by atoms with E-state index in [0.717, 1.165) is 28.8 Å². The fourth-order valence-corrected chi connectivity index (χ4v) is 7.08. The third-order valence-corrected chi connectivity index (χ3v) is 8.27. The zero-order chi connectivity index (χ0) is 21.6. The Balaban J connectivity index is 1.73. The number of sulfonamides is 1. The van der Waals surface area contributed by atoms with Gasteiger partial charge in [-0.3, -0.25) is 4.72 Å². The molecule has 1 heterocycles. The maximum absolute atomic E-state index is 12.9. The Morgan fingerprint density at radius 2 is 1.63 bits per heavy atom. The van der Waals surface area contributed by atoms with E-state index in [9.17, 15) is 8.42 Å². The second-order valence-corrected chi connectivity index (χ2v) is 10.4. The highest BCUT2D eigenvalue weighted by molar-refractivity contribution is 7.93. The number of ether oxygens (including phenoxy) is 2. The largest absolute Gasteiger partial charge is 0.493 e. The van der Waals surface area contributed by atoms with Crippen molar-refractivity contribution in [1.29, 1.82) is 0 Å². The molecule has 0 aliphatic heterocycles. The van der Waals surface area contributed by atoms with Gasteiger partial charge in [-0.05, 0) is 42.7 Å². The Labute approximate surface area is 192 Å².